The molecule has 0 amide bonds. The molecular weight excluding hydrogens is 277 g/mol. The first-order valence-corrected chi connectivity index (χ1v) is 7.55. The molecule has 0 fully saturated rings. The lowest BCUT2D eigenvalue weighted by molar-refractivity contribution is 0.618. The zero-order valence-electron chi connectivity index (χ0n) is 12.9. The van der Waals surface area contributed by atoms with Crippen LogP contribution in [0.15, 0.2) is 36.5 Å². The van der Waals surface area contributed by atoms with Gasteiger partial charge < -0.3 is 10.1 Å². The predicted octanol–water partition coefficient (Wildman–Crippen LogP) is 3.65. The second-order valence-electron chi connectivity index (χ2n) is 5.65. The third-order valence-electron chi connectivity index (χ3n) is 3.99. The molecule has 3 aromatic rings. The highest BCUT2D eigenvalue weighted by atomic mass is 19.1. The lowest BCUT2D eigenvalue weighted by atomic mass is 10.0. The molecular formula is C18H20FN3. The van der Waals surface area contributed by atoms with Gasteiger partial charge in [-0.25, -0.2) is 9.37 Å². The molecule has 3 rings (SSSR count). The maximum atomic E-state index is 13.5. The molecule has 2 heterocycles. The van der Waals surface area contributed by atoms with Crippen LogP contribution in [0.3, 0.4) is 0 Å². The van der Waals surface area contributed by atoms with Gasteiger partial charge in [0.15, 0.2) is 0 Å². The smallest absolute Gasteiger partial charge is 0.140 e. The fraction of sp³-hybridized carbons (Fsp3) is 0.278. The Bertz CT molecular complexity index is 821. The van der Waals surface area contributed by atoms with Crippen molar-refractivity contribution in [3.8, 4) is 11.3 Å². The van der Waals surface area contributed by atoms with Crippen LogP contribution in [0, 0.1) is 19.7 Å². The van der Waals surface area contributed by atoms with Crippen LogP contribution in [0.4, 0.5) is 4.39 Å². The summed E-state index contributed by atoms with van der Waals surface area (Å²) in [4.78, 5) is 4.81. The van der Waals surface area contributed by atoms with Crippen molar-refractivity contribution in [1.29, 1.82) is 0 Å². The van der Waals surface area contributed by atoms with Crippen LogP contribution in [0.1, 0.15) is 23.2 Å². The summed E-state index contributed by atoms with van der Waals surface area (Å²) in [5, 5.41) is 0. The van der Waals surface area contributed by atoms with E-state index in [1.165, 1.54) is 6.07 Å². The molecule has 0 bridgehead atoms. The lowest BCUT2D eigenvalue weighted by Gasteiger charge is -2.06. The number of rotatable bonds is 4. The van der Waals surface area contributed by atoms with Gasteiger partial charge in [-0.3, -0.25) is 0 Å². The van der Waals surface area contributed by atoms with Gasteiger partial charge in [-0.1, -0.05) is 6.07 Å². The Kier molecular flexibility index (Phi) is 3.94. The molecule has 1 aromatic carbocycles. The third kappa shape index (κ3) is 2.50. The van der Waals surface area contributed by atoms with Crippen LogP contribution in [0.2, 0.25) is 0 Å². The molecule has 4 heteroatoms. The number of pyridine rings is 1. The van der Waals surface area contributed by atoms with E-state index in [4.69, 9.17) is 10.7 Å². The average Bonchev–Trinajstić information content (AvgIpc) is 2.88. The molecule has 0 radical (unpaired) electrons. The highest BCUT2D eigenvalue weighted by Gasteiger charge is 2.15. The van der Waals surface area contributed by atoms with Gasteiger partial charge in [0.2, 0.25) is 0 Å². The van der Waals surface area contributed by atoms with E-state index in [0.29, 0.717) is 12.1 Å². The summed E-state index contributed by atoms with van der Waals surface area (Å²) in [6, 6.07) is 9.24. The summed E-state index contributed by atoms with van der Waals surface area (Å²) in [6.45, 7) is 4.47. The SMILES string of the molecule is Cc1cc(-c2nc3c(C)cccn3c2CCCN)ccc1F. The van der Waals surface area contributed by atoms with Gasteiger partial charge in [0, 0.05) is 11.8 Å². The lowest BCUT2D eigenvalue weighted by Crippen LogP contribution is -2.03. The first-order valence-electron chi connectivity index (χ1n) is 7.55. The second kappa shape index (κ2) is 5.89. The minimum atomic E-state index is -0.188. The van der Waals surface area contributed by atoms with Crippen molar-refractivity contribution in [3.05, 3.63) is 59.2 Å². The molecule has 0 saturated heterocycles. The summed E-state index contributed by atoms with van der Waals surface area (Å²) < 4.78 is 15.7. The summed E-state index contributed by atoms with van der Waals surface area (Å²) in [5.74, 6) is -0.188. The summed E-state index contributed by atoms with van der Waals surface area (Å²) in [7, 11) is 0. The van der Waals surface area contributed by atoms with E-state index < -0.39 is 0 Å². The van der Waals surface area contributed by atoms with Crippen LogP contribution in [-0.4, -0.2) is 15.9 Å². The quantitative estimate of drug-likeness (QED) is 0.799. The van der Waals surface area contributed by atoms with Gasteiger partial charge in [-0.05, 0) is 68.6 Å². The van der Waals surface area contributed by atoms with Crippen LogP contribution < -0.4 is 5.73 Å². The first-order chi connectivity index (χ1) is 10.6. The minimum Gasteiger partial charge on any atom is -0.330 e. The normalized spacial score (nSPS) is 11.3. The number of aromatic nitrogens is 2. The maximum Gasteiger partial charge on any atom is 0.140 e. The Hall–Kier alpha value is -2.20. The van der Waals surface area contributed by atoms with Crippen LogP contribution >= 0.6 is 0 Å². The third-order valence-corrected chi connectivity index (χ3v) is 3.99. The van der Waals surface area contributed by atoms with E-state index in [-0.39, 0.29) is 5.82 Å². The summed E-state index contributed by atoms with van der Waals surface area (Å²) in [6.07, 6.45) is 3.78. The average molecular weight is 297 g/mol. The molecule has 0 aliphatic rings. The van der Waals surface area contributed by atoms with Gasteiger partial charge in [-0.2, -0.15) is 0 Å². The van der Waals surface area contributed by atoms with Crippen molar-refractivity contribution in [2.45, 2.75) is 26.7 Å². The van der Waals surface area contributed by atoms with Gasteiger partial charge >= 0.3 is 0 Å². The summed E-state index contributed by atoms with van der Waals surface area (Å²) in [5.41, 5.74) is 11.4. The zero-order valence-corrected chi connectivity index (χ0v) is 12.9. The number of hydrogen-bond donors (Lipinski definition) is 1. The molecule has 114 valence electrons. The van der Waals surface area contributed by atoms with E-state index >= 15 is 0 Å². The van der Waals surface area contributed by atoms with Crippen molar-refractivity contribution in [2.75, 3.05) is 6.54 Å². The van der Waals surface area contributed by atoms with Crippen molar-refractivity contribution < 1.29 is 4.39 Å². The molecule has 0 spiro atoms. The van der Waals surface area contributed by atoms with Crippen molar-refractivity contribution in [1.82, 2.24) is 9.38 Å². The van der Waals surface area contributed by atoms with Crippen LogP contribution in [0.25, 0.3) is 16.9 Å². The molecule has 3 nitrogen and oxygen atoms in total. The maximum absolute atomic E-state index is 13.5. The largest absolute Gasteiger partial charge is 0.330 e. The Morgan fingerprint density at radius 1 is 1.18 bits per heavy atom. The molecule has 2 aromatic heterocycles. The molecule has 0 unspecified atom stereocenters. The first kappa shape index (κ1) is 14.7. The van der Waals surface area contributed by atoms with Gasteiger partial charge in [0.05, 0.1) is 11.4 Å². The van der Waals surface area contributed by atoms with Crippen molar-refractivity contribution in [2.24, 2.45) is 5.73 Å². The molecule has 22 heavy (non-hydrogen) atoms. The van der Waals surface area contributed by atoms with Crippen LogP contribution in [-0.2, 0) is 6.42 Å². The zero-order chi connectivity index (χ0) is 15.7. The van der Waals surface area contributed by atoms with Crippen molar-refractivity contribution >= 4 is 5.65 Å². The number of aryl methyl sites for hydroxylation is 3. The number of halogens is 1. The Balaban J connectivity index is 2.22. The Labute approximate surface area is 129 Å². The van der Waals surface area contributed by atoms with Gasteiger partial charge in [-0.15, -0.1) is 0 Å². The highest BCUT2D eigenvalue weighted by molar-refractivity contribution is 5.68. The molecule has 0 aliphatic carbocycles. The van der Waals surface area contributed by atoms with Gasteiger partial charge in [0.25, 0.3) is 0 Å². The predicted molar refractivity (Wildman–Crippen MR) is 87.4 cm³/mol. The number of hydrogen-bond acceptors (Lipinski definition) is 2. The van der Waals surface area contributed by atoms with E-state index in [0.717, 1.165) is 41.0 Å². The fourth-order valence-corrected chi connectivity index (χ4v) is 2.78. The Morgan fingerprint density at radius 3 is 2.73 bits per heavy atom. The summed E-state index contributed by atoms with van der Waals surface area (Å²) >= 11 is 0. The van der Waals surface area contributed by atoms with Crippen LogP contribution in [0.5, 0.6) is 0 Å². The van der Waals surface area contributed by atoms with E-state index in [9.17, 15) is 4.39 Å². The van der Waals surface area contributed by atoms with E-state index in [1.807, 2.05) is 18.3 Å². The number of benzene rings is 1. The second-order valence-corrected chi connectivity index (χ2v) is 5.65. The molecule has 0 atom stereocenters. The molecule has 0 saturated carbocycles. The van der Waals surface area contributed by atoms with E-state index in [1.54, 1.807) is 13.0 Å². The number of imidazole rings is 1. The molecule has 0 aliphatic heterocycles. The van der Waals surface area contributed by atoms with E-state index in [2.05, 4.69) is 17.4 Å². The fourth-order valence-electron chi connectivity index (χ4n) is 2.78. The van der Waals surface area contributed by atoms with Gasteiger partial charge in [0.1, 0.15) is 11.5 Å². The minimum absolute atomic E-state index is 0.188. The van der Waals surface area contributed by atoms with Crippen molar-refractivity contribution in [3.63, 3.8) is 0 Å². The number of nitrogens with zero attached hydrogens (tertiary/aromatic N) is 2. The topological polar surface area (TPSA) is 43.3 Å². The number of fused-ring (bicyclic) bond motifs is 1. The number of nitrogens with two attached hydrogens (primary N) is 1. The molecule has 2 N–H and O–H groups in total. The Morgan fingerprint density at radius 2 is 2.00 bits per heavy atom. The highest BCUT2D eigenvalue weighted by Crippen LogP contribution is 2.28. The standard InChI is InChI=1S/C18H20FN3/c1-12-5-4-10-22-16(6-3-9-20)17(21-18(12)22)14-7-8-15(19)13(2)11-14/h4-5,7-8,10-11H,3,6,9,20H2,1-2H3. The monoisotopic (exact) mass is 297 g/mol.